The molecule has 17 rings (SSSR count). The molecule has 0 saturated heterocycles. The Morgan fingerprint density at radius 1 is 0.330 bits per heavy atom. The van der Waals surface area contributed by atoms with Gasteiger partial charge in [0.15, 0.2) is 0 Å². The summed E-state index contributed by atoms with van der Waals surface area (Å²) in [5.74, 6) is 2.66. The summed E-state index contributed by atoms with van der Waals surface area (Å²) in [6, 6.07) is 93.9. The highest BCUT2D eigenvalue weighted by Crippen LogP contribution is 2.45. The molecule has 0 saturated carbocycles. The largest absolute Gasteiger partial charge is 0.439 e. The Kier molecular flexibility index (Phi) is 15.2. The number of aromatic nitrogens is 4. The monoisotopic (exact) mass is 1250 g/mol. The first-order valence-corrected chi connectivity index (χ1v) is 29.9. The Morgan fingerprint density at radius 2 is 0.750 bits per heavy atom. The van der Waals surface area contributed by atoms with E-state index in [0.717, 1.165) is 90.9 Å². The molecule has 0 fully saturated rings. The molecule has 0 aliphatic carbocycles. The summed E-state index contributed by atoms with van der Waals surface area (Å²) in [7, 11) is 0. The topological polar surface area (TPSA) is 101 Å². The summed E-state index contributed by atoms with van der Waals surface area (Å²) >= 11 is 2.28. The molecule has 0 amide bonds. The van der Waals surface area contributed by atoms with Crippen molar-refractivity contribution in [2.45, 2.75) is 7.43 Å². The summed E-state index contributed by atoms with van der Waals surface area (Å²) in [5.41, 5.74) is 22.6. The smallest absolute Gasteiger partial charge is 0.252 e. The van der Waals surface area contributed by atoms with Crippen LogP contribution in [0.3, 0.4) is 0 Å². The van der Waals surface area contributed by atoms with Gasteiger partial charge in [-0.2, -0.15) is 0 Å². The molecular weight excluding hydrogens is 1190 g/mol. The Morgan fingerprint density at radius 3 is 1.26 bits per heavy atom. The van der Waals surface area contributed by atoms with Crippen LogP contribution >= 0.6 is 22.6 Å². The minimum atomic E-state index is -0.0490. The molecule has 0 unspecified atom stereocenters. The fourth-order valence-electron chi connectivity index (χ4n) is 12.3. The van der Waals surface area contributed by atoms with E-state index >= 15 is 0 Å². The van der Waals surface area contributed by atoms with Crippen molar-refractivity contribution in [1.82, 2.24) is 19.9 Å². The standard InChI is InChI=1S/C40H27BN4O.C28H19BN4O.C6H5I.CH4/c1-3-12-29(13-4-1)44-35-22-20-28(34-16-7-9-24-42-34)26-32(35)41-33-27-31(46-39-19-8-10-25-43-39)21-23-36(33)45(30-14-5-2-6-15-30)38-18-11-17-37(44)40(38)41;1-3-14-30-22(6-1)18-10-12-23-20(16-18)29-21-17-19(34-27-9-2-4-15-31-27)11-13-24(21)33-26-8-5-7-25(32-23)28(26)29;7-6-4-2-1-3-5-6;/h1-27H;1-17,32-33H;1-5H;1H4. The van der Waals surface area contributed by atoms with Crippen LogP contribution in [0.1, 0.15) is 7.43 Å². The zero-order valence-electron chi connectivity index (χ0n) is 46.8. The van der Waals surface area contributed by atoms with Crippen LogP contribution in [0.15, 0.2) is 298 Å². The zero-order valence-corrected chi connectivity index (χ0v) is 49.0. The lowest BCUT2D eigenvalue weighted by Crippen LogP contribution is -2.61. The van der Waals surface area contributed by atoms with Gasteiger partial charge in [0.2, 0.25) is 11.8 Å². The van der Waals surface area contributed by atoms with Crippen molar-refractivity contribution in [3.8, 4) is 45.8 Å². The molecule has 4 aliphatic heterocycles. The van der Waals surface area contributed by atoms with E-state index in [0.29, 0.717) is 11.8 Å². The number of pyridine rings is 4. The number of anilines is 10. The predicted octanol–water partition coefficient (Wildman–Crippen LogP) is 15.5. The van der Waals surface area contributed by atoms with E-state index in [1.165, 1.54) is 36.3 Å². The molecule has 4 aromatic heterocycles. The van der Waals surface area contributed by atoms with Gasteiger partial charge >= 0.3 is 0 Å². The first-order valence-electron chi connectivity index (χ1n) is 28.8. The SMILES string of the molecule is C.Ic1ccccc1.c1ccc(N2c3ccc(Oc4ccccn4)cc3B3c4cc(-c5ccccn5)ccc4N(c4ccccc4)c4cccc2c43)cc1.c1ccc(Oc2ccc3c(c2)B2c4cc(-c5ccccn5)ccc4Nc4cccc(c42)N3)nc1. The van der Waals surface area contributed by atoms with Crippen molar-refractivity contribution in [2.24, 2.45) is 0 Å². The van der Waals surface area contributed by atoms with Gasteiger partial charge in [-0.05, 0) is 212 Å². The van der Waals surface area contributed by atoms with E-state index in [-0.39, 0.29) is 20.9 Å². The van der Waals surface area contributed by atoms with Gasteiger partial charge in [0, 0.05) is 97.4 Å². The molecular formula is C75H55B2IN8O2. The van der Waals surface area contributed by atoms with Gasteiger partial charge in [-0.15, -0.1) is 0 Å². The average molecular weight is 1250 g/mol. The first kappa shape index (κ1) is 55.1. The molecule has 2 N–H and O–H groups in total. The molecule has 0 radical (unpaired) electrons. The van der Waals surface area contributed by atoms with Crippen LogP contribution in [-0.2, 0) is 0 Å². The second kappa shape index (κ2) is 24.3. The number of nitrogens with one attached hydrogen (secondary N) is 2. The summed E-state index contributed by atoms with van der Waals surface area (Å²) in [4.78, 5) is 22.8. The van der Waals surface area contributed by atoms with Crippen LogP contribution in [-0.4, -0.2) is 33.4 Å². The van der Waals surface area contributed by atoms with E-state index in [9.17, 15) is 0 Å². The van der Waals surface area contributed by atoms with Crippen molar-refractivity contribution in [2.75, 3.05) is 20.4 Å². The highest BCUT2D eigenvalue weighted by molar-refractivity contribution is 14.1. The van der Waals surface area contributed by atoms with Crippen LogP contribution in [0.25, 0.3) is 22.5 Å². The highest BCUT2D eigenvalue weighted by Gasteiger charge is 2.44. The summed E-state index contributed by atoms with van der Waals surface area (Å²) in [6.45, 7) is 0.0155. The third-order valence-electron chi connectivity index (χ3n) is 16.0. The third-order valence-corrected chi connectivity index (χ3v) is 16.7. The number of fused-ring (bicyclic) bond motifs is 8. The molecule has 9 aromatic carbocycles. The molecule has 88 heavy (non-hydrogen) atoms. The van der Waals surface area contributed by atoms with Gasteiger partial charge in [-0.25, -0.2) is 9.97 Å². The second-order valence-corrected chi connectivity index (χ2v) is 22.5. The maximum atomic E-state index is 6.34. The number of ether oxygens (including phenoxy) is 2. The van der Waals surface area contributed by atoms with Gasteiger partial charge in [0.1, 0.15) is 11.5 Å². The number of benzene rings is 9. The molecule has 10 nitrogen and oxygen atoms in total. The number of para-hydroxylation sites is 2. The maximum absolute atomic E-state index is 6.34. The van der Waals surface area contributed by atoms with Gasteiger partial charge in [0.25, 0.3) is 13.4 Å². The minimum Gasteiger partial charge on any atom is -0.439 e. The Balaban J connectivity index is 0.000000142. The van der Waals surface area contributed by atoms with E-state index in [2.05, 4.69) is 234 Å². The van der Waals surface area contributed by atoms with Gasteiger partial charge in [-0.1, -0.05) is 123 Å². The lowest BCUT2D eigenvalue weighted by molar-refractivity contribution is 0.463. The molecule has 13 aromatic rings. The fourth-order valence-corrected chi connectivity index (χ4v) is 12.7. The van der Waals surface area contributed by atoms with Crippen LogP contribution < -0.4 is 62.7 Å². The molecule has 13 heteroatoms. The number of rotatable bonds is 8. The van der Waals surface area contributed by atoms with Crippen LogP contribution in [0.2, 0.25) is 0 Å². The summed E-state index contributed by atoms with van der Waals surface area (Å²) < 4.78 is 13.7. The van der Waals surface area contributed by atoms with Crippen molar-refractivity contribution >= 4 is 126 Å². The molecule has 0 spiro atoms. The number of nitrogens with zero attached hydrogens (tertiary/aromatic N) is 6. The molecule has 420 valence electrons. The summed E-state index contributed by atoms with van der Waals surface area (Å²) in [5, 5.41) is 7.27. The maximum Gasteiger partial charge on any atom is 0.252 e. The van der Waals surface area contributed by atoms with E-state index in [1.807, 2.05) is 109 Å². The van der Waals surface area contributed by atoms with Gasteiger partial charge < -0.3 is 29.9 Å². The normalized spacial score (nSPS) is 12.1. The second-order valence-electron chi connectivity index (χ2n) is 21.2. The average Bonchev–Trinajstić information content (AvgIpc) is 0.738. The molecule has 0 atom stereocenters. The fraction of sp³-hybridized carbons (Fsp3) is 0.0133. The molecule has 8 heterocycles. The lowest BCUT2D eigenvalue weighted by Gasteiger charge is -2.44. The molecule has 4 aliphatic rings. The van der Waals surface area contributed by atoms with Crippen LogP contribution in [0.4, 0.5) is 56.9 Å². The van der Waals surface area contributed by atoms with E-state index in [4.69, 9.17) is 14.5 Å². The first-order chi connectivity index (χ1) is 43.1. The summed E-state index contributed by atoms with van der Waals surface area (Å²) in [6.07, 6.45) is 7.18. The van der Waals surface area contributed by atoms with E-state index < -0.39 is 0 Å². The van der Waals surface area contributed by atoms with Gasteiger partial charge in [-0.3, -0.25) is 9.97 Å². The number of hydrogen-bond donors (Lipinski definition) is 2. The quantitative estimate of drug-likeness (QED) is 0.113. The Labute approximate surface area is 526 Å². The van der Waals surface area contributed by atoms with Gasteiger partial charge in [0.05, 0.1) is 11.4 Å². The lowest BCUT2D eigenvalue weighted by atomic mass is 9.33. The number of hydrogen-bond acceptors (Lipinski definition) is 10. The van der Waals surface area contributed by atoms with Crippen molar-refractivity contribution in [3.63, 3.8) is 0 Å². The van der Waals surface area contributed by atoms with Crippen molar-refractivity contribution in [3.05, 3.63) is 301 Å². The van der Waals surface area contributed by atoms with Crippen LogP contribution in [0, 0.1) is 3.57 Å². The predicted molar refractivity (Wildman–Crippen MR) is 372 cm³/mol. The Bertz CT molecular complexity index is 4590. The molecule has 0 bridgehead atoms. The van der Waals surface area contributed by atoms with Crippen molar-refractivity contribution < 1.29 is 9.47 Å². The minimum absolute atomic E-state index is 0. The Hall–Kier alpha value is -10.8. The highest BCUT2D eigenvalue weighted by atomic mass is 127. The van der Waals surface area contributed by atoms with Crippen LogP contribution in [0.5, 0.6) is 23.3 Å². The van der Waals surface area contributed by atoms with E-state index in [1.54, 1.807) is 12.4 Å². The third kappa shape index (κ3) is 10.7. The number of halogens is 1. The zero-order chi connectivity index (χ0) is 58.0. The van der Waals surface area contributed by atoms with Crippen molar-refractivity contribution in [1.29, 1.82) is 0 Å².